The standard InChI is InChI=1S/C10H10FNO4/c11-10-7(4-16-8-5-15-6-8)2-1-3-9(10)12(13)14/h1-3,8H,4-6H2. The fraction of sp³-hybridized carbons (Fsp3) is 0.400. The largest absolute Gasteiger partial charge is 0.376 e. The van der Waals surface area contributed by atoms with Crippen molar-refractivity contribution in [2.45, 2.75) is 12.7 Å². The molecule has 0 N–H and O–H groups in total. The van der Waals surface area contributed by atoms with Crippen molar-refractivity contribution in [2.24, 2.45) is 0 Å². The highest BCUT2D eigenvalue weighted by Gasteiger charge is 2.21. The molecule has 0 atom stereocenters. The molecule has 0 saturated carbocycles. The molecule has 0 spiro atoms. The van der Waals surface area contributed by atoms with Crippen LogP contribution in [0.4, 0.5) is 10.1 Å². The molecule has 1 aliphatic heterocycles. The van der Waals surface area contributed by atoms with Crippen LogP contribution in [-0.4, -0.2) is 24.2 Å². The van der Waals surface area contributed by atoms with Crippen LogP contribution in [0.2, 0.25) is 0 Å². The molecular weight excluding hydrogens is 217 g/mol. The highest BCUT2D eigenvalue weighted by molar-refractivity contribution is 5.36. The second kappa shape index (κ2) is 4.54. The maximum absolute atomic E-state index is 13.5. The molecule has 1 saturated heterocycles. The first-order chi connectivity index (χ1) is 7.68. The second-order valence-electron chi connectivity index (χ2n) is 3.48. The molecule has 2 rings (SSSR count). The first kappa shape index (κ1) is 11.0. The van der Waals surface area contributed by atoms with Crippen LogP contribution in [0.15, 0.2) is 18.2 Å². The van der Waals surface area contributed by atoms with Crippen LogP contribution in [0.1, 0.15) is 5.56 Å². The van der Waals surface area contributed by atoms with Crippen molar-refractivity contribution in [3.05, 3.63) is 39.7 Å². The van der Waals surface area contributed by atoms with Crippen molar-refractivity contribution in [3.8, 4) is 0 Å². The van der Waals surface area contributed by atoms with Gasteiger partial charge in [0.15, 0.2) is 0 Å². The smallest absolute Gasteiger partial charge is 0.305 e. The van der Waals surface area contributed by atoms with E-state index in [1.807, 2.05) is 0 Å². The van der Waals surface area contributed by atoms with E-state index in [1.165, 1.54) is 12.1 Å². The van der Waals surface area contributed by atoms with Gasteiger partial charge >= 0.3 is 5.69 Å². The number of nitrogens with zero attached hydrogens (tertiary/aromatic N) is 1. The van der Waals surface area contributed by atoms with Gasteiger partial charge in [-0.2, -0.15) is 4.39 Å². The molecule has 1 aromatic carbocycles. The first-order valence-electron chi connectivity index (χ1n) is 4.79. The van der Waals surface area contributed by atoms with E-state index in [2.05, 4.69) is 0 Å². The molecule has 1 aliphatic rings. The Kier molecular flexibility index (Phi) is 3.12. The third-order valence-corrected chi connectivity index (χ3v) is 2.34. The molecule has 16 heavy (non-hydrogen) atoms. The van der Waals surface area contributed by atoms with E-state index in [-0.39, 0.29) is 18.3 Å². The Morgan fingerprint density at radius 2 is 2.31 bits per heavy atom. The molecule has 0 aliphatic carbocycles. The average Bonchev–Trinajstić information content (AvgIpc) is 2.17. The van der Waals surface area contributed by atoms with E-state index in [0.29, 0.717) is 13.2 Å². The van der Waals surface area contributed by atoms with Crippen molar-refractivity contribution in [2.75, 3.05) is 13.2 Å². The molecule has 0 unspecified atom stereocenters. The lowest BCUT2D eigenvalue weighted by Crippen LogP contribution is -2.35. The Hall–Kier alpha value is -1.53. The molecule has 86 valence electrons. The zero-order chi connectivity index (χ0) is 11.5. The Morgan fingerprint density at radius 3 is 2.88 bits per heavy atom. The number of nitro groups is 1. The van der Waals surface area contributed by atoms with Crippen LogP contribution >= 0.6 is 0 Å². The van der Waals surface area contributed by atoms with Gasteiger partial charge in [0.1, 0.15) is 6.10 Å². The Labute approximate surface area is 90.9 Å². The van der Waals surface area contributed by atoms with E-state index in [4.69, 9.17) is 9.47 Å². The fourth-order valence-corrected chi connectivity index (χ4v) is 1.34. The summed E-state index contributed by atoms with van der Waals surface area (Å²) in [6.45, 7) is 1.02. The van der Waals surface area contributed by atoms with Crippen molar-refractivity contribution < 1.29 is 18.8 Å². The molecular formula is C10H10FNO4. The van der Waals surface area contributed by atoms with Gasteiger partial charge in [-0.15, -0.1) is 0 Å². The lowest BCUT2D eigenvalue weighted by molar-refractivity contribution is -0.387. The summed E-state index contributed by atoms with van der Waals surface area (Å²) in [5.74, 6) is -0.826. The number of rotatable bonds is 4. The quantitative estimate of drug-likeness (QED) is 0.579. The molecule has 1 fully saturated rings. The third-order valence-electron chi connectivity index (χ3n) is 2.34. The average molecular weight is 227 g/mol. The van der Waals surface area contributed by atoms with Gasteiger partial charge < -0.3 is 9.47 Å². The number of hydrogen-bond acceptors (Lipinski definition) is 4. The molecule has 5 nitrogen and oxygen atoms in total. The summed E-state index contributed by atoms with van der Waals surface area (Å²) in [6, 6.07) is 4.05. The summed E-state index contributed by atoms with van der Waals surface area (Å²) in [4.78, 5) is 9.74. The van der Waals surface area contributed by atoms with Crippen LogP contribution in [0, 0.1) is 15.9 Å². The zero-order valence-electron chi connectivity index (χ0n) is 8.39. The van der Waals surface area contributed by atoms with Crippen molar-refractivity contribution in [1.29, 1.82) is 0 Å². The maximum atomic E-state index is 13.5. The zero-order valence-corrected chi connectivity index (χ0v) is 8.39. The molecule has 1 aromatic rings. The highest BCUT2D eigenvalue weighted by atomic mass is 19.1. The highest BCUT2D eigenvalue weighted by Crippen LogP contribution is 2.21. The van der Waals surface area contributed by atoms with Crippen LogP contribution < -0.4 is 0 Å². The Bertz CT molecular complexity index is 406. The number of nitro benzene ring substituents is 1. The normalized spacial score (nSPS) is 15.8. The topological polar surface area (TPSA) is 61.6 Å². The van der Waals surface area contributed by atoms with Crippen LogP contribution in [0.25, 0.3) is 0 Å². The molecule has 1 heterocycles. The minimum atomic E-state index is -0.826. The summed E-state index contributed by atoms with van der Waals surface area (Å²) in [5.41, 5.74) is -0.327. The van der Waals surface area contributed by atoms with Crippen molar-refractivity contribution in [1.82, 2.24) is 0 Å². The van der Waals surface area contributed by atoms with E-state index >= 15 is 0 Å². The Morgan fingerprint density at radius 1 is 1.56 bits per heavy atom. The van der Waals surface area contributed by atoms with Gasteiger partial charge in [-0.3, -0.25) is 10.1 Å². The molecule has 0 radical (unpaired) electrons. The van der Waals surface area contributed by atoms with Gasteiger partial charge in [-0.25, -0.2) is 0 Å². The summed E-state index contributed by atoms with van der Waals surface area (Å²) in [7, 11) is 0. The molecule has 0 bridgehead atoms. The monoisotopic (exact) mass is 227 g/mol. The molecule has 0 aromatic heterocycles. The van der Waals surface area contributed by atoms with E-state index < -0.39 is 16.4 Å². The summed E-state index contributed by atoms with van der Waals surface area (Å²) in [6.07, 6.45) is -0.0290. The van der Waals surface area contributed by atoms with E-state index in [0.717, 1.165) is 6.07 Å². The van der Waals surface area contributed by atoms with Crippen LogP contribution in [-0.2, 0) is 16.1 Å². The second-order valence-corrected chi connectivity index (χ2v) is 3.48. The Balaban J connectivity index is 2.07. The lowest BCUT2D eigenvalue weighted by Gasteiger charge is -2.25. The van der Waals surface area contributed by atoms with Crippen molar-refractivity contribution in [3.63, 3.8) is 0 Å². The third kappa shape index (κ3) is 2.17. The van der Waals surface area contributed by atoms with Gasteiger partial charge in [0.2, 0.25) is 5.82 Å². The lowest BCUT2D eigenvalue weighted by atomic mass is 10.2. The van der Waals surface area contributed by atoms with E-state index in [1.54, 1.807) is 0 Å². The first-order valence-corrected chi connectivity index (χ1v) is 4.79. The molecule has 0 amide bonds. The predicted molar refractivity (Wildman–Crippen MR) is 52.5 cm³/mol. The van der Waals surface area contributed by atoms with Crippen molar-refractivity contribution >= 4 is 5.69 Å². The van der Waals surface area contributed by atoms with Gasteiger partial charge in [-0.1, -0.05) is 12.1 Å². The fourth-order valence-electron chi connectivity index (χ4n) is 1.34. The number of ether oxygens (including phenoxy) is 2. The summed E-state index contributed by atoms with van der Waals surface area (Å²) >= 11 is 0. The predicted octanol–water partition coefficient (Wildman–Crippen LogP) is 1.65. The summed E-state index contributed by atoms with van der Waals surface area (Å²) < 4.78 is 23.7. The summed E-state index contributed by atoms with van der Waals surface area (Å²) in [5, 5.41) is 10.5. The number of hydrogen-bond donors (Lipinski definition) is 0. The van der Waals surface area contributed by atoms with Gasteiger partial charge in [0.05, 0.1) is 24.7 Å². The molecule has 6 heteroatoms. The van der Waals surface area contributed by atoms with Crippen LogP contribution in [0.5, 0.6) is 0 Å². The van der Waals surface area contributed by atoms with E-state index in [9.17, 15) is 14.5 Å². The van der Waals surface area contributed by atoms with Gasteiger partial charge in [-0.05, 0) is 0 Å². The minimum Gasteiger partial charge on any atom is -0.376 e. The van der Waals surface area contributed by atoms with Gasteiger partial charge in [0.25, 0.3) is 0 Å². The number of benzene rings is 1. The maximum Gasteiger partial charge on any atom is 0.305 e. The SMILES string of the molecule is O=[N+]([O-])c1cccc(COC2COC2)c1F. The minimum absolute atomic E-state index is 0.0290. The van der Waals surface area contributed by atoms with Gasteiger partial charge in [0, 0.05) is 11.6 Å². The van der Waals surface area contributed by atoms with Crippen LogP contribution in [0.3, 0.4) is 0 Å². The number of halogens is 1.